The molecule has 3 rings (SSSR count). The van der Waals surface area contributed by atoms with Crippen LogP contribution in [0.1, 0.15) is 16.7 Å². The van der Waals surface area contributed by atoms with E-state index in [1.54, 1.807) is 13.8 Å². The number of hydrogen-bond acceptors (Lipinski definition) is 4. The predicted molar refractivity (Wildman–Crippen MR) is 88.7 cm³/mol. The minimum atomic E-state index is -3.76. The summed E-state index contributed by atoms with van der Waals surface area (Å²) in [4.78, 5) is 0.285. The lowest BCUT2D eigenvalue weighted by atomic mass is 10.1. The van der Waals surface area contributed by atoms with Crippen LogP contribution in [0.2, 0.25) is 0 Å². The average molecular weight is 327 g/mol. The molecule has 0 unspecified atom stereocenters. The third-order valence-corrected chi connectivity index (χ3v) is 5.48. The number of hydrogen-bond donors (Lipinski definition) is 0. The van der Waals surface area contributed by atoms with E-state index < -0.39 is 10.0 Å². The van der Waals surface area contributed by atoms with Crippen molar-refractivity contribution in [2.75, 3.05) is 0 Å². The van der Waals surface area contributed by atoms with E-state index in [9.17, 15) is 8.42 Å². The molecule has 5 nitrogen and oxygen atoms in total. The van der Waals surface area contributed by atoms with E-state index in [0.717, 1.165) is 15.2 Å². The molecule has 6 heteroatoms. The molecule has 0 aliphatic rings. The molecule has 0 saturated heterocycles. The first-order valence-corrected chi connectivity index (χ1v) is 8.65. The Labute approximate surface area is 135 Å². The van der Waals surface area contributed by atoms with E-state index in [4.69, 9.17) is 0 Å². The molecule has 1 heterocycles. The highest BCUT2D eigenvalue weighted by molar-refractivity contribution is 7.90. The van der Waals surface area contributed by atoms with Crippen molar-refractivity contribution in [3.8, 4) is 11.3 Å². The monoisotopic (exact) mass is 327 g/mol. The summed E-state index contributed by atoms with van der Waals surface area (Å²) in [5.41, 5.74) is 3.80. The summed E-state index contributed by atoms with van der Waals surface area (Å²) in [6.07, 6.45) is 1.45. The van der Waals surface area contributed by atoms with Gasteiger partial charge in [0.2, 0.25) is 0 Å². The molecule has 0 bridgehead atoms. The molecule has 3 aromatic rings. The molecule has 0 radical (unpaired) electrons. The number of aryl methyl sites for hydroxylation is 3. The van der Waals surface area contributed by atoms with Crippen LogP contribution in [0.15, 0.2) is 53.6 Å². The van der Waals surface area contributed by atoms with Gasteiger partial charge in [0.1, 0.15) is 5.69 Å². The summed E-state index contributed by atoms with van der Waals surface area (Å²) in [5.74, 6) is 0. The highest BCUT2D eigenvalue weighted by Crippen LogP contribution is 2.25. The minimum Gasteiger partial charge on any atom is -0.199 e. The van der Waals surface area contributed by atoms with Crippen LogP contribution in [0.25, 0.3) is 11.3 Å². The maximum atomic E-state index is 12.9. The number of aromatic nitrogens is 3. The van der Waals surface area contributed by atoms with Crippen LogP contribution in [-0.2, 0) is 10.0 Å². The third-order valence-electron chi connectivity index (χ3n) is 3.65. The molecule has 0 atom stereocenters. The van der Waals surface area contributed by atoms with Crippen LogP contribution in [0.3, 0.4) is 0 Å². The molecule has 0 N–H and O–H groups in total. The van der Waals surface area contributed by atoms with E-state index in [-0.39, 0.29) is 4.90 Å². The maximum absolute atomic E-state index is 12.9. The highest BCUT2D eigenvalue weighted by atomic mass is 32.2. The van der Waals surface area contributed by atoms with Gasteiger partial charge in [0, 0.05) is 5.56 Å². The first-order chi connectivity index (χ1) is 10.9. The van der Waals surface area contributed by atoms with Gasteiger partial charge in [-0.1, -0.05) is 53.2 Å². The van der Waals surface area contributed by atoms with Gasteiger partial charge in [0.25, 0.3) is 10.0 Å². The summed E-state index contributed by atoms with van der Waals surface area (Å²) in [6, 6.07) is 13.1. The van der Waals surface area contributed by atoms with Gasteiger partial charge in [0.05, 0.1) is 11.1 Å². The molecular formula is C17H17N3O2S. The zero-order chi connectivity index (χ0) is 16.6. The summed E-state index contributed by atoms with van der Waals surface area (Å²) in [5, 5.41) is 7.81. The van der Waals surface area contributed by atoms with Crippen molar-refractivity contribution in [1.82, 2.24) is 14.4 Å². The Bertz CT molecular complexity index is 938. The number of nitrogens with zero attached hydrogens (tertiary/aromatic N) is 3. The Morgan fingerprint density at radius 2 is 1.57 bits per heavy atom. The van der Waals surface area contributed by atoms with Gasteiger partial charge in [-0.05, 0) is 31.9 Å². The zero-order valence-electron chi connectivity index (χ0n) is 13.2. The second-order valence-corrected chi connectivity index (χ2v) is 7.31. The fourth-order valence-electron chi connectivity index (χ4n) is 2.77. The van der Waals surface area contributed by atoms with Crippen molar-refractivity contribution in [2.45, 2.75) is 25.7 Å². The summed E-state index contributed by atoms with van der Waals surface area (Å²) in [7, 11) is -3.76. The van der Waals surface area contributed by atoms with Crippen LogP contribution in [0, 0.1) is 20.8 Å². The Kier molecular flexibility index (Phi) is 3.77. The normalized spacial score (nSPS) is 11.6. The van der Waals surface area contributed by atoms with Crippen LogP contribution >= 0.6 is 0 Å². The summed E-state index contributed by atoms with van der Waals surface area (Å²) >= 11 is 0. The highest BCUT2D eigenvalue weighted by Gasteiger charge is 2.24. The van der Waals surface area contributed by atoms with Crippen LogP contribution < -0.4 is 0 Å². The summed E-state index contributed by atoms with van der Waals surface area (Å²) < 4.78 is 26.7. The van der Waals surface area contributed by atoms with Crippen molar-refractivity contribution in [3.05, 3.63) is 65.4 Å². The molecular weight excluding hydrogens is 310 g/mol. The lowest BCUT2D eigenvalue weighted by molar-refractivity contribution is 0.576. The van der Waals surface area contributed by atoms with Gasteiger partial charge in [-0.25, -0.2) is 0 Å². The van der Waals surface area contributed by atoms with E-state index in [1.807, 2.05) is 49.4 Å². The van der Waals surface area contributed by atoms with E-state index in [0.29, 0.717) is 16.8 Å². The van der Waals surface area contributed by atoms with E-state index in [2.05, 4.69) is 10.3 Å². The standard InChI is InChI=1S/C17H17N3O2S/c1-12-9-13(2)17(14(3)10-12)23(21,22)20-11-16(18-19-20)15-7-5-4-6-8-15/h4-11H,1-3H3. The molecule has 2 aromatic carbocycles. The van der Waals surface area contributed by atoms with Gasteiger partial charge in [-0.3, -0.25) is 0 Å². The van der Waals surface area contributed by atoms with Gasteiger partial charge in [-0.15, -0.1) is 9.19 Å². The minimum absolute atomic E-state index is 0.285. The average Bonchev–Trinajstić information content (AvgIpc) is 2.97. The lowest BCUT2D eigenvalue weighted by Gasteiger charge is -2.11. The first-order valence-electron chi connectivity index (χ1n) is 7.21. The number of rotatable bonds is 3. The molecule has 0 amide bonds. The van der Waals surface area contributed by atoms with E-state index in [1.165, 1.54) is 6.20 Å². The first kappa shape index (κ1) is 15.4. The van der Waals surface area contributed by atoms with Crippen LogP contribution in [-0.4, -0.2) is 22.8 Å². The van der Waals surface area contributed by atoms with Crippen molar-refractivity contribution >= 4 is 10.0 Å². The molecule has 0 saturated carbocycles. The van der Waals surface area contributed by atoms with Crippen molar-refractivity contribution in [3.63, 3.8) is 0 Å². The second-order valence-electron chi connectivity index (χ2n) is 5.58. The third kappa shape index (κ3) is 2.77. The molecule has 118 valence electrons. The zero-order valence-corrected chi connectivity index (χ0v) is 14.0. The van der Waals surface area contributed by atoms with Crippen LogP contribution in [0.5, 0.6) is 0 Å². The molecule has 0 spiro atoms. The Balaban J connectivity index is 2.10. The smallest absolute Gasteiger partial charge is 0.199 e. The van der Waals surface area contributed by atoms with Gasteiger partial charge in [-0.2, -0.15) is 8.42 Å². The second kappa shape index (κ2) is 5.62. The van der Waals surface area contributed by atoms with Gasteiger partial charge >= 0.3 is 0 Å². The molecule has 0 aliphatic heterocycles. The van der Waals surface area contributed by atoms with Gasteiger partial charge in [0.15, 0.2) is 0 Å². The molecule has 0 aliphatic carbocycles. The fourth-order valence-corrected chi connectivity index (χ4v) is 4.26. The predicted octanol–water partition coefficient (Wildman–Crippen LogP) is 3.11. The van der Waals surface area contributed by atoms with Crippen molar-refractivity contribution in [1.29, 1.82) is 0 Å². The van der Waals surface area contributed by atoms with E-state index >= 15 is 0 Å². The topological polar surface area (TPSA) is 64.8 Å². The Morgan fingerprint density at radius 1 is 0.957 bits per heavy atom. The Morgan fingerprint density at radius 3 is 2.17 bits per heavy atom. The van der Waals surface area contributed by atoms with Crippen molar-refractivity contribution in [2.24, 2.45) is 0 Å². The quantitative estimate of drug-likeness (QED) is 0.741. The SMILES string of the molecule is Cc1cc(C)c(S(=O)(=O)n2cc(-c3ccccc3)nn2)c(C)c1. The largest absolute Gasteiger partial charge is 0.284 e. The molecule has 0 fully saturated rings. The molecule has 23 heavy (non-hydrogen) atoms. The molecule has 1 aromatic heterocycles. The lowest BCUT2D eigenvalue weighted by Crippen LogP contribution is -2.16. The van der Waals surface area contributed by atoms with Gasteiger partial charge < -0.3 is 0 Å². The summed E-state index contributed by atoms with van der Waals surface area (Å²) in [6.45, 7) is 5.53. The Hall–Kier alpha value is -2.47. The fraction of sp³-hybridized carbons (Fsp3) is 0.176. The van der Waals surface area contributed by atoms with Crippen molar-refractivity contribution < 1.29 is 8.42 Å². The number of benzene rings is 2. The maximum Gasteiger partial charge on any atom is 0.284 e. The van der Waals surface area contributed by atoms with Crippen LogP contribution in [0.4, 0.5) is 0 Å².